The third-order valence-corrected chi connectivity index (χ3v) is 3.69. The Morgan fingerprint density at radius 3 is 2.68 bits per heavy atom. The molecule has 5 nitrogen and oxygen atoms in total. The zero-order chi connectivity index (χ0) is 16.4. The number of pyridine rings is 1. The molecule has 0 fully saturated rings. The van der Waals surface area contributed by atoms with E-state index in [4.69, 9.17) is 0 Å². The van der Waals surface area contributed by atoms with Gasteiger partial charge in [-0.05, 0) is 55.3 Å². The van der Waals surface area contributed by atoms with E-state index in [1.54, 1.807) is 18.3 Å². The van der Waals surface area contributed by atoms with Gasteiger partial charge in [0.05, 0.1) is 5.56 Å². The van der Waals surface area contributed by atoms with E-state index < -0.39 is 0 Å². The Morgan fingerprint density at radius 2 is 2.09 bits per heavy atom. The average molecular weight is 319 g/mol. The van der Waals surface area contributed by atoms with Crippen molar-refractivity contribution in [3.63, 3.8) is 0 Å². The van der Waals surface area contributed by atoms with Crippen molar-refractivity contribution < 1.29 is 9.59 Å². The van der Waals surface area contributed by atoms with Crippen LogP contribution in [0.3, 0.4) is 0 Å². The van der Waals surface area contributed by atoms with E-state index in [0.29, 0.717) is 11.1 Å². The van der Waals surface area contributed by atoms with Crippen LogP contribution in [0.4, 0.5) is 0 Å². The molecule has 0 unspecified atom stereocenters. The van der Waals surface area contributed by atoms with Crippen LogP contribution in [0.1, 0.15) is 36.0 Å². The molecule has 1 amide bonds. The summed E-state index contributed by atoms with van der Waals surface area (Å²) >= 11 is 4.42. The molecule has 0 aliphatic heterocycles. The van der Waals surface area contributed by atoms with Crippen molar-refractivity contribution in [3.05, 3.63) is 52.3 Å². The van der Waals surface area contributed by atoms with Gasteiger partial charge in [-0.1, -0.05) is 0 Å². The van der Waals surface area contributed by atoms with Crippen LogP contribution in [0.2, 0.25) is 0 Å². The number of nitrogens with two attached hydrogens (primary N) is 1. The summed E-state index contributed by atoms with van der Waals surface area (Å²) < 4.78 is 0. The summed E-state index contributed by atoms with van der Waals surface area (Å²) in [6, 6.07) is 3.36. The molecule has 0 saturated carbocycles. The summed E-state index contributed by atoms with van der Waals surface area (Å²) in [6.07, 6.45) is 9.15. The Hall–Kier alpha value is -1.92. The number of carbonyl (C=O) groups excluding carboxylic acids is 2. The van der Waals surface area contributed by atoms with E-state index in [0.717, 1.165) is 42.4 Å². The predicted molar refractivity (Wildman–Crippen MR) is 90.4 cm³/mol. The molecule has 0 radical (unpaired) electrons. The van der Waals surface area contributed by atoms with Crippen molar-refractivity contribution in [2.45, 2.75) is 25.7 Å². The van der Waals surface area contributed by atoms with Crippen molar-refractivity contribution in [3.8, 4) is 0 Å². The maximum absolute atomic E-state index is 11.9. The minimum Gasteiger partial charge on any atom is -0.333 e. The molecule has 1 aromatic heterocycles. The van der Waals surface area contributed by atoms with E-state index in [1.165, 1.54) is 19.4 Å². The molecule has 118 valence electrons. The Kier molecular flexibility index (Phi) is 8.17. The predicted octanol–water partition coefficient (Wildman–Crippen LogP) is 2.23. The number of amides is 1. The number of aromatic nitrogens is 1. The van der Waals surface area contributed by atoms with Crippen LogP contribution in [0.25, 0.3) is 0 Å². The molecule has 1 aliphatic carbocycles. The van der Waals surface area contributed by atoms with Crippen molar-refractivity contribution in [1.29, 1.82) is 0 Å². The molecule has 0 atom stereocenters. The summed E-state index contributed by atoms with van der Waals surface area (Å²) in [5, 5.41) is 2.63. The lowest BCUT2D eigenvalue weighted by molar-refractivity contribution is -0.104. The largest absolute Gasteiger partial charge is 0.333 e. The number of aldehydes is 1. The van der Waals surface area contributed by atoms with Crippen molar-refractivity contribution >= 4 is 24.8 Å². The van der Waals surface area contributed by atoms with Crippen LogP contribution in [0.15, 0.2) is 46.8 Å². The third kappa shape index (κ3) is 5.13. The van der Waals surface area contributed by atoms with E-state index in [2.05, 4.69) is 28.7 Å². The van der Waals surface area contributed by atoms with Gasteiger partial charge in [0.25, 0.3) is 5.91 Å². The second kappa shape index (κ2) is 9.92. The minimum absolute atomic E-state index is 0.283. The molecule has 22 heavy (non-hydrogen) atoms. The maximum atomic E-state index is 11.9. The summed E-state index contributed by atoms with van der Waals surface area (Å²) in [7, 11) is 1.50. The Bertz CT molecular complexity index is 568. The highest BCUT2D eigenvalue weighted by Gasteiger charge is 2.14. The smallest absolute Gasteiger partial charge is 0.256 e. The van der Waals surface area contributed by atoms with Gasteiger partial charge in [-0.3, -0.25) is 14.6 Å². The van der Waals surface area contributed by atoms with Crippen LogP contribution < -0.4 is 11.1 Å². The average Bonchev–Trinajstić information content (AvgIpc) is 2.59. The fourth-order valence-electron chi connectivity index (χ4n) is 2.12. The van der Waals surface area contributed by atoms with Gasteiger partial charge in [-0.2, -0.15) is 0 Å². The van der Waals surface area contributed by atoms with Gasteiger partial charge in [-0.25, -0.2) is 0 Å². The molecule has 0 bridgehead atoms. The topological polar surface area (TPSA) is 85.1 Å². The summed E-state index contributed by atoms with van der Waals surface area (Å²) in [4.78, 5) is 27.9. The number of thiol groups is 1. The van der Waals surface area contributed by atoms with Crippen LogP contribution in [0, 0.1) is 0 Å². The van der Waals surface area contributed by atoms with Crippen LogP contribution in [-0.4, -0.2) is 24.2 Å². The van der Waals surface area contributed by atoms with Gasteiger partial charge in [0.2, 0.25) is 0 Å². The van der Waals surface area contributed by atoms with Crippen molar-refractivity contribution in [2.75, 3.05) is 7.05 Å². The first-order valence-electron chi connectivity index (χ1n) is 7.07. The number of nitrogens with zero attached hydrogens (tertiary/aromatic N) is 1. The summed E-state index contributed by atoms with van der Waals surface area (Å²) in [5.74, 6) is -0.283. The highest BCUT2D eigenvalue weighted by Crippen LogP contribution is 2.30. The highest BCUT2D eigenvalue weighted by atomic mass is 32.1. The van der Waals surface area contributed by atoms with E-state index >= 15 is 0 Å². The SMILES string of the molecule is CN.O=C/C(=C\NC(=O)c1cccnc1)C1=C(S)CCCC1. The van der Waals surface area contributed by atoms with Crippen LogP contribution in [0.5, 0.6) is 0 Å². The first-order valence-corrected chi connectivity index (χ1v) is 7.52. The van der Waals surface area contributed by atoms with Gasteiger partial charge in [-0.15, -0.1) is 12.6 Å². The zero-order valence-electron chi connectivity index (χ0n) is 12.6. The molecule has 1 aromatic rings. The lowest BCUT2D eigenvalue weighted by atomic mass is 9.94. The molecule has 0 spiro atoms. The number of hydrogen-bond acceptors (Lipinski definition) is 5. The minimum atomic E-state index is -0.283. The molecule has 2 rings (SSSR count). The Morgan fingerprint density at radius 1 is 1.36 bits per heavy atom. The number of rotatable bonds is 4. The summed E-state index contributed by atoms with van der Waals surface area (Å²) in [5.41, 5.74) is 6.38. The molecule has 3 N–H and O–H groups in total. The second-order valence-electron chi connectivity index (χ2n) is 4.57. The van der Waals surface area contributed by atoms with Crippen molar-refractivity contribution in [2.24, 2.45) is 5.73 Å². The lowest BCUT2D eigenvalue weighted by Crippen LogP contribution is -2.18. The highest BCUT2D eigenvalue weighted by molar-refractivity contribution is 7.84. The number of nitrogens with one attached hydrogen (secondary N) is 1. The molecule has 1 aliphatic rings. The van der Waals surface area contributed by atoms with E-state index in [-0.39, 0.29) is 5.91 Å². The maximum Gasteiger partial charge on any atom is 0.256 e. The Labute approximate surface area is 136 Å². The zero-order valence-corrected chi connectivity index (χ0v) is 13.5. The van der Waals surface area contributed by atoms with Gasteiger partial charge in [0.15, 0.2) is 6.29 Å². The first-order chi connectivity index (χ1) is 10.7. The van der Waals surface area contributed by atoms with Gasteiger partial charge >= 0.3 is 0 Å². The molecule has 0 saturated heterocycles. The quantitative estimate of drug-likeness (QED) is 0.451. The number of carbonyl (C=O) groups is 2. The second-order valence-corrected chi connectivity index (χ2v) is 5.10. The van der Waals surface area contributed by atoms with Gasteiger partial charge in [0, 0.05) is 24.2 Å². The van der Waals surface area contributed by atoms with E-state index in [1.807, 2.05) is 0 Å². The van der Waals surface area contributed by atoms with E-state index in [9.17, 15) is 9.59 Å². The van der Waals surface area contributed by atoms with Gasteiger partial charge < -0.3 is 11.1 Å². The first kappa shape index (κ1) is 18.1. The number of hydrogen-bond donors (Lipinski definition) is 3. The molecular weight excluding hydrogens is 298 g/mol. The molecule has 1 heterocycles. The standard InChI is InChI=1S/C15H16N2O2S.CH5N/c18-10-12(13-5-1-2-6-14(13)20)9-17-15(19)11-4-3-7-16-8-11;1-2/h3-4,7-10,20H,1-2,5-6H2,(H,17,19);2H2,1H3/b12-9+;. The monoisotopic (exact) mass is 319 g/mol. The van der Waals surface area contributed by atoms with Gasteiger partial charge in [0.1, 0.15) is 0 Å². The fourth-order valence-corrected chi connectivity index (χ4v) is 2.52. The third-order valence-electron chi connectivity index (χ3n) is 3.20. The lowest BCUT2D eigenvalue weighted by Gasteiger charge is -2.16. The summed E-state index contributed by atoms with van der Waals surface area (Å²) in [6.45, 7) is 0. The molecule has 6 heteroatoms. The Balaban J connectivity index is 0.00000116. The van der Waals surface area contributed by atoms with Crippen LogP contribution >= 0.6 is 12.6 Å². The number of allylic oxidation sites excluding steroid dienone is 3. The fraction of sp³-hybridized carbons (Fsp3) is 0.312. The van der Waals surface area contributed by atoms with Crippen LogP contribution in [-0.2, 0) is 4.79 Å². The molecule has 0 aromatic carbocycles. The van der Waals surface area contributed by atoms with Crippen molar-refractivity contribution in [1.82, 2.24) is 10.3 Å². The molecular formula is C16H21N3O2S. The normalized spacial score (nSPS) is 14.8.